The van der Waals surface area contributed by atoms with Gasteiger partial charge in [-0.2, -0.15) is 13.2 Å². The van der Waals surface area contributed by atoms with E-state index in [2.05, 4.69) is 10.1 Å². The highest BCUT2D eigenvalue weighted by atomic mass is 19.4. The third-order valence-corrected chi connectivity index (χ3v) is 2.83. The van der Waals surface area contributed by atoms with Crippen LogP contribution in [-0.2, 0) is 19.9 Å². The molecule has 23 heavy (non-hydrogen) atoms. The van der Waals surface area contributed by atoms with Crippen LogP contribution in [0.5, 0.6) is 0 Å². The minimum absolute atomic E-state index is 0.146. The van der Waals surface area contributed by atoms with Gasteiger partial charge in [-0.05, 0) is 32.9 Å². The van der Waals surface area contributed by atoms with Crippen molar-refractivity contribution in [3.8, 4) is 0 Å². The lowest BCUT2D eigenvalue weighted by atomic mass is 9.96. The third kappa shape index (κ3) is 4.98. The topological polar surface area (TPSA) is 88.8 Å². The summed E-state index contributed by atoms with van der Waals surface area (Å²) in [6, 6.07) is 1.95. The number of aliphatic hydroxyl groups is 1. The molecule has 1 unspecified atom stereocenters. The van der Waals surface area contributed by atoms with Crippen LogP contribution in [0.1, 0.15) is 31.8 Å². The zero-order valence-corrected chi connectivity index (χ0v) is 12.9. The molecule has 1 atom stereocenters. The summed E-state index contributed by atoms with van der Waals surface area (Å²) in [4.78, 5) is 22.9. The van der Waals surface area contributed by atoms with Crippen LogP contribution in [0, 0.1) is 6.92 Å². The first-order chi connectivity index (χ1) is 10.5. The second-order valence-corrected chi connectivity index (χ2v) is 5.33. The number of ether oxygens (including phenoxy) is 1. The van der Waals surface area contributed by atoms with E-state index in [0.717, 1.165) is 6.07 Å². The van der Waals surface area contributed by atoms with Crippen molar-refractivity contribution in [1.82, 2.24) is 5.32 Å². The zero-order chi connectivity index (χ0) is 17.8. The minimum atomic E-state index is -5.16. The second-order valence-electron chi connectivity index (χ2n) is 5.33. The Morgan fingerprint density at radius 2 is 1.96 bits per heavy atom. The highest BCUT2D eigenvalue weighted by Gasteiger charge is 2.58. The molecule has 1 rings (SSSR count). The van der Waals surface area contributed by atoms with Crippen LogP contribution >= 0.6 is 0 Å². The fourth-order valence-corrected chi connectivity index (χ4v) is 1.75. The molecule has 130 valence electrons. The van der Waals surface area contributed by atoms with E-state index in [4.69, 9.17) is 4.42 Å². The monoisotopic (exact) mass is 337 g/mol. The maximum Gasteiger partial charge on any atom is 0.425 e. The molecular weight excluding hydrogens is 319 g/mol. The molecule has 0 aliphatic heterocycles. The number of halogens is 3. The highest BCUT2D eigenvalue weighted by Crippen LogP contribution is 2.42. The van der Waals surface area contributed by atoms with Gasteiger partial charge in [-0.25, -0.2) is 0 Å². The van der Waals surface area contributed by atoms with Crippen molar-refractivity contribution in [2.45, 2.75) is 45.0 Å². The smallest absolute Gasteiger partial charge is 0.425 e. The Labute approximate surface area is 130 Å². The Balaban J connectivity index is 2.79. The van der Waals surface area contributed by atoms with Gasteiger partial charge in [-0.3, -0.25) is 9.59 Å². The van der Waals surface area contributed by atoms with Crippen LogP contribution in [0.15, 0.2) is 16.5 Å². The molecule has 0 aromatic carbocycles. The molecule has 1 aromatic heterocycles. The van der Waals surface area contributed by atoms with Crippen molar-refractivity contribution < 1.29 is 37.0 Å². The summed E-state index contributed by atoms with van der Waals surface area (Å²) in [5.41, 5.74) is -3.52. The summed E-state index contributed by atoms with van der Waals surface area (Å²) in [7, 11) is 0. The van der Waals surface area contributed by atoms with Crippen LogP contribution in [0.25, 0.3) is 0 Å². The van der Waals surface area contributed by atoms with E-state index in [-0.39, 0.29) is 11.8 Å². The number of carbonyl (C=O) groups is 2. The summed E-state index contributed by atoms with van der Waals surface area (Å²) in [6.45, 7) is 4.00. The largest absolute Gasteiger partial charge is 0.463 e. The van der Waals surface area contributed by atoms with Gasteiger partial charge in [0.05, 0.1) is 6.42 Å². The molecule has 1 heterocycles. The van der Waals surface area contributed by atoms with E-state index < -0.39 is 42.4 Å². The van der Waals surface area contributed by atoms with E-state index in [9.17, 15) is 27.9 Å². The minimum Gasteiger partial charge on any atom is -0.463 e. The van der Waals surface area contributed by atoms with Crippen molar-refractivity contribution >= 4 is 11.9 Å². The van der Waals surface area contributed by atoms with Crippen LogP contribution in [-0.4, -0.2) is 35.8 Å². The predicted molar refractivity (Wildman–Crippen MR) is 72.3 cm³/mol. The summed E-state index contributed by atoms with van der Waals surface area (Å²) in [5.74, 6) is -2.70. The van der Waals surface area contributed by atoms with E-state index in [0.29, 0.717) is 0 Å². The standard InChI is InChI=1S/C14H18F3NO5/c1-8(2)18-11(19)7-22-12(20)6-13(21,14(15,16)17)10-5-4-9(3)23-10/h4-5,8,21H,6-7H2,1-3H3,(H,18,19). The number of carbonyl (C=O) groups excluding carboxylic acids is 2. The first-order valence-electron chi connectivity index (χ1n) is 6.76. The van der Waals surface area contributed by atoms with E-state index >= 15 is 0 Å². The number of furan rings is 1. The molecule has 0 bridgehead atoms. The quantitative estimate of drug-likeness (QED) is 0.773. The number of hydrogen-bond acceptors (Lipinski definition) is 5. The molecule has 1 amide bonds. The van der Waals surface area contributed by atoms with E-state index in [1.807, 2.05) is 0 Å². The molecule has 0 aliphatic carbocycles. The van der Waals surface area contributed by atoms with Gasteiger partial charge in [0.2, 0.25) is 5.60 Å². The maximum absolute atomic E-state index is 13.1. The first kappa shape index (κ1) is 19.0. The Morgan fingerprint density at radius 3 is 2.39 bits per heavy atom. The Morgan fingerprint density at radius 1 is 1.35 bits per heavy atom. The average Bonchev–Trinajstić information content (AvgIpc) is 2.81. The van der Waals surface area contributed by atoms with Crippen molar-refractivity contribution in [1.29, 1.82) is 0 Å². The van der Waals surface area contributed by atoms with Gasteiger partial charge in [-0.1, -0.05) is 0 Å². The van der Waals surface area contributed by atoms with E-state index in [1.165, 1.54) is 13.0 Å². The van der Waals surface area contributed by atoms with Gasteiger partial charge >= 0.3 is 12.1 Å². The van der Waals surface area contributed by atoms with E-state index in [1.54, 1.807) is 13.8 Å². The molecule has 0 spiro atoms. The number of hydrogen-bond donors (Lipinski definition) is 2. The summed E-state index contributed by atoms with van der Waals surface area (Å²) >= 11 is 0. The molecule has 0 saturated carbocycles. The Kier molecular flexibility index (Phi) is 5.81. The van der Waals surface area contributed by atoms with Crippen LogP contribution in [0.4, 0.5) is 13.2 Å². The van der Waals surface area contributed by atoms with Crippen molar-refractivity contribution in [3.05, 3.63) is 23.7 Å². The first-order valence-corrected chi connectivity index (χ1v) is 6.76. The molecule has 0 saturated heterocycles. The van der Waals surface area contributed by atoms with Crippen molar-refractivity contribution in [2.75, 3.05) is 6.61 Å². The third-order valence-electron chi connectivity index (χ3n) is 2.83. The van der Waals surface area contributed by atoms with Gasteiger partial charge < -0.3 is 19.6 Å². The lowest BCUT2D eigenvalue weighted by Gasteiger charge is -2.27. The highest BCUT2D eigenvalue weighted by molar-refractivity contribution is 5.81. The fraction of sp³-hybridized carbons (Fsp3) is 0.571. The molecule has 0 radical (unpaired) electrons. The van der Waals surface area contributed by atoms with Crippen LogP contribution in [0.2, 0.25) is 0 Å². The number of nitrogens with one attached hydrogen (secondary N) is 1. The summed E-state index contributed by atoms with van der Waals surface area (Å²) in [5, 5.41) is 12.3. The maximum atomic E-state index is 13.1. The van der Waals surface area contributed by atoms with Crippen LogP contribution < -0.4 is 5.32 Å². The van der Waals surface area contributed by atoms with Gasteiger partial charge in [0.25, 0.3) is 5.91 Å². The van der Waals surface area contributed by atoms with Gasteiger partial charge in [0, 0.05) is 6.04 Å². The molecule has 0 aliphatic rings. The number of rotatable bonds is 6. The average molecular weight is 337 g/mol. The summed E-state index contributed by atoms with van der Waals surface area (Å²) < 4.78 is 48.7. The number of amides is 1. The Hall–Kier alpha value is -2.03. The van der Waals surface area contributed by atoms with Gasteiger partial charge in [0.15, 0.2) is 6.61 Å². The molecule has 0 fully saturated rings. The molecule has 6 nitrogen and oxygen atoms in total. The van der Waals surface area contributed by atoms with Gasteiger partial charge in [0.1, 0.15) is 11.5 Å². The number of alkyl halides is 3. The molecule has 9 heteroatoms. The lowest BCUT2D eigenvalue weighted by molar-refractivity contribution is -0.275. The second kappa shape index (κ2) is 7.03. The van der Waals surface area contributed by atoms with Crippen molar-refractivity contribution in [3.63, 3.8) is 0 Å². The van der Waals surface area contributed by atoms with Crippen LogP contribution in [0.3, 0.4) is 0 Å². The molecule has 2 N–H and O–H groups in total. The van der Waals surface area contributed by atoms with Crippen molar-refractivity contribution in [2.24, 2.45) is 0 Å². The Bertz CT molecular complexity index is 567. The lowest BCUT2D eigenvalue weighted by Crippen LogP contribution is -2.44. The predicted octanol–water partition coefficient (Wildman–Crippen LogP) is 1.80. The SMILES string of the molecule is Cc1ccc(C(O)(CC(=O)OCC(=O)NC(C)C)C(F)(F)F)o1. The van der Waals surface area contributed by atoms with Gasteiger partial charge in [-0.15, -0.1) is 0 Å². The normalized spacial score (nSPS) is 14.4. The molecule has 1 aromatic rings. The number of esters is 1. The number of aryl methyl sites for hydroxylation is 1. The fourth-order valence-electron chi connectivity index (χ4n) is 1.75. The zero-order valence-electron chi connectivity index (χ0n) is 12.9. The molecular formula is C14H18F3NO5. The summed E-state index contributed by atoms with van der Waals surface area (Å²) in [6.07, 6.45) is -6.57.